The van der Waals surface area contributed by atoms with Gasteiger partial charge in [-0.05, 0) is 49.1 Å². The van der Waals surface area contributed by atoms with E-state index in [2.05, 4.69) is 23.5 Å². The predicted octanol–water partition coefficient (Wildman–Crippen LogP) is 4.45. The van der Waals surface area contributed by atoms with Crippen LogP contribution in [0.3, 0.4) is 0 Å². The average molecular weight is 334 g/mol. The van der Waals surface area contributed by atoms with Crippen molar-refractivity contribution >= 4 is 11.6 Å². The summed E-state index contributed by atoms with van der Waals surface area (Å²) in [5.41, 5.74) is 9.47. The van der Waals surface area contributed by atoms with Crippen LogP contribution in [0.1, 0.15) is 32.1 Å². The van der Waals surface area contributed by atoms with Gasteiger partial charge in [0.2, 0.25) is 5.91 Å². The normalized spacial score (nSPS) is 28.4. The van der Waals surface area contributed by atoms with Gasteiger partial charge in [0.1, 0.15) is 0 Å². The molecule has 130 valence electrons. The largest absolute Gasteiger partial charge is 0.327 e. The van der Waals surface area contributed by atoms with E-state index in [4.69, 9.17) is 5.73 Å². The summed E-state index contributed by atoms with van der Waals surface area (Å²) in [6.45, 7) is 0. The van der Waals surface area contributed by atoms with Crippen LogP contribution in [-0.4, -0.2) is 11.9 Å². The number of nitrogens with two attached hydrogens (primary N) is 1. The van der Waals surface area contributed by atoms with Crippen LogP contribution in [0.5, 0.6) is 0 Å². The standard InChI is InChI=1S/C22H26N2O/c23-21-16-9-6-10-17(21)14-18(13-16)22(25)24-20-12-5-4-11-19(20)15-7-2-1-3-8-15/h1-5,7-8,11-12,16-18,21H,6,9-10,13-14,23H2,(H,24,25). The third-order valence-electron chi connectivity index (χ3n) is 6.05. The molecule has 0 saturated heterocycles. The molecule has 3 nitrogen and oxygen atoms in total. The number of hydrogen-bond donors (Lipinski definition) is 2. The molecule has 2 aromatic carbocycles. The maximum absolute atomic E-state index is 12.9. The minimum Gasteiger partial charge on any atom is -0.327 e. The van der Waals surface area contributed by atoms with Crippen molar-refractivity contribution in [3.8, 4) is 11.1 Å². The smallest absolute Gasteiger partial charge is 0.227 e. The van der Waals surface area contributed by atoms with Crippen molar-refractivity contribution in [3.05, 3.63) is 54.6 Å². The molecule has 0 heterocycles. The number of hydrogen-bond acceptors (Lipinski definition) is 2. The number of rotatable bonds is 3. The van der Waals surface area contributed by atoms with Crippen LogP contribution in [-0.2, 0) is 4.79 Å². The molecule has 3 N–H and O–H groups in total. The summed E-state index contributed by atoms with van der Waals surface area (Å²) in [5, 5.41) is 3.20. The lowest BCUT2D eigenvalue weighted by molar-refractivity contribution is -0.122. The van der Waals surface area contributed by atoms with E-state index in [0.29, 0.717) is 17.9 Å². The van der Waals surface area contributed by atoms with Gasteiger partial charge in [-0.2, -0.15) is 0 Å². The average Bonchev–Trinajstić information content (AvgIpc) is 2.62. The van der Waals surface area contributed by atoms with Crippen LogP contribution in [0, 0.1) is 17.8 Å². The summed E-state index contributed by atoms with van der Waals surface area (Å²) in [5.74, 6) is 1.30. The van der Waals surface area contributed by atoms with Gasteiger partial charge in [-0.25, -0.2) is 0 Å². The zero-order valence-electron chi connectivity index (χ0n) is 14.5. The SMILES string of the molecule is NC1C2CCCC1CC(C(=O)Nc1ccccc1-c1ccccc1)C2. The van der Waals surface area contributed by atoms with Crippen LogP contribution >= 0.6 is 0 Å². The molecule has 3 heteroatoms. The lowest BCUT2D eigenvalue weighted by Gasteiger charge is -2.43. The van der Waals surface area contributed by atoms with Crippen LogP contribution in [0.4, 0.5) is 5.69 Å². The maximum Gasteiger partial charge on any atom is 0.227 e. The number of carbonyl (C=O) groups excluding carboxylic acids is 1. The lowest BCUT2D eigenvalue weighted by Crippen LogP contribution is -2.48. The maximum atomic E-state index is 12.9. The molecule has 2 bridgehead atoms. The number of amides is 1. The van der Waals surface area contributed by atoms with Crippen LogP contribution < -0.4 is 11.1 Å². The van der Waals surface area contributed by atoms with Gasteiger partial charge in [0.15, 0.2) is 0 Å². The minimum absolute atomic E-state index is 0.0962. The van der Waals surface area contributed by atoms with E-state index < -0.39 is 0 Å². The van der Waals surface area contributed by atoms with Gasteiger partial charge in [-0.3, -0.25) is 4.79 Å². The summed E-state index contributed by atoms with van der Waals surface area (Å²) >= 11 is 0. The first kappa shape index (κ1) is 16.3. The number of anilines is 1. The molecule has 0 radical (unpaired) electrons. The monoisotopic (exact) mass is 334 g/mol. The fourth-order valence-corrected chi connectivity index (χ4v) is 4.70. The second-order valence-corrected chi connectivity index (χ2v) is 7.60. The summed E-state index contributed by atoms with van der Waals surface area (Å²) in [4.78, 5) is 12.9. The fraction of sp³-hybridized carbons (Fsp3) is 0.409. The fourth-order valence-electron chi connectivity index (χ4n) is 4.70. The molecule has 2 aliphatic rings. The van der Waals surface area contributed by atoms with Gasteiger partial charge in [0.05, 0.1) is 0 Å². The minimum atomic E-state index is 0.0962. The van der Waals surface area contributed by atoms with Crippen molar-refractivity contribution in [3.63, 3.8) is 0 Å². The number of carbonyl (C=O) groups is 1. The molecule has 0 aliphatic heterocycles. The summed E-state index contributed by atoms with van der Waals surface area (Å²) in [6.07, 6.45) is 5.52. The van der Waals surface area contributed by atoms with Gasteiger partial charge >= 0.3 is 0 Å². The van der Waals surface area contributed by atoms with Crippen molar-refractivity contribution in [1.82, 2.24) is 0 Å². The number of fused-ring (bicyclic) bond motifs is 2. The topological polar surface area (TPSA) is 55.1 Å². The molecule has 2 unspecified atom stereocenters. The highest BCUT2D eigenvalue weighted by molar-refractivity contribution is 5.96. The van der Waals surface area contributed by atoms with Crippen LogP contribution in [0.2, 0.25) is 0 Å². The van der Waals surface area contributed by atoms with Gasteiger partial charge in [0.25, 0.3) is 0 Å². The summed E-state index contributed by atoms with van der Waals surface area (Å²) in [7, 11) is 0. The molecular formula is C22H26N2O. The number of para-hydroxylation sites is 1. The first-order chi connectivity index (χ1) is 12.2. The molecule has 2 aliphatic carbocycles. The zero-order chi connectivity index (χ0) is 17.2. The van der Waals surface area contributed by atoms with Crippen LogP contribution in [0.25, 0.3) is 11.1 Å². The van der Waals surface area contributed by atoms with Crippen molar-refractivity contribution < 1.29 is 4.79 Å². The van der Waals surface area contributed by atoms with E-state index in [-0.39, 0.29) is 11.8 Å². The third kappa shape index (κ3) is 3.34. The van der Waals surface area contributed by atoms with E-state index in [9.17, 15) is 4.79 Å². The number of nitrogens with one attached hydrogen (secondary N) is 1. The van der Waals surface area contributed by atoms with E-state index in [0.717, 1.165) is 29.7 Å². The van der Waals surface area contributed by atoms with Gasteiger partial charge in [0, 0.05) is 23.2 Å². The Morgan fingerprint density at radius 2 is 1.56 bits per heavy atom. The second kappa shape index (κ2) is 7.01. The van der Waals surface area contributed by atoms with Crippen molar-refractivity contribution in [2.75, 3.05) is 5.32 Å². The summed E-state index contributed by atoms with van der Waals surface area (Å²) < 4.78 is 0. The highest BCUT2D eigenvalue weighted by Crippen LogP contribution is 2.42. The summed E-state index contributed by atoms with van der Waals surface area (Å²) in [6, 6.07) is 18.6. The molecule has 2 atom stereocenters. The van der Waals surface area contributed by atoms with Gasteiger partial charge < -0.3 is 11.1 Å². The molecule has 25 heavy (non-hydrogen) atoms. The quantitative estimate of drug-likeness (QED) is 0.871. The van der Waals surface area contributed by atoms with Crippen molar-refractivity contribution in [2.24, 2.45) is 23.5 Å². The molecular weight excluding hydrogens is 308 g/mol. The molecule has 2 saturated carbocycles. The Bertz CT molecular complexity index is 729. The van der Waals surface area contributed by atoms with Crippen molar-refractivity contribution in [2.45, 2.75) is 38.1 Å². The molecule has 4 rings (SSSR count). The molecule has 2 aromatic rings. The highest BCUT2D eigenvalue weighted by atomic mass is 16.1. The zero-order valence-corrected chi connectivity index (χ0v) is 14.5. The Kier molecular flexibility index (Phi) is 4.58. The molecule has 1 amide bonds. The Morgan fingerprint density at radius 1 is 0.920 bits per heavy atom. The number of benzene rings is 2. The first-order valence-corrected chi connectivity index (χ1v) is 9.43. The Hall–Kier alpha value is -2.13. The lowest BCUT2D eigenvalue weighted by atomic mass is 9.65. The van der Waals surface area contributed by atoms with Gasteiger partial charge in [-0.15, -0.1) is 0 Å². The van der Waals surface area contributed by atoms with E-state index in [1.54, 1.807) is 0 Å². The second-order valence-electron chi connectivity index (χ2n) is 7.60. The van der Waals surface area contributed by atoms with Crippen LogP contribution in [0.15, 0.2) is 54.6 Å². The third-order valence-corrected chi connectivity index (χ3v) is 6.05. The predicted molar refractivity (Wildman–Crippen MR) is 102 cm³/mol. The molecule has 0 spiro atoms. The van der Waals surface area contributed by atoms with Gasteiger partial charge in [-0.1, -0.05) is 55.0 Å². The Morgan fingerprint density at radius 3 is 2.28 bits per heavy atom. The van der Waals surface area contributed by atoms with E-state index >= 15 is 0 Å². The van der Waals surface area contributed by atoms with Crippen molar-refractivity contribution in [1.29, 1.82) is 0 Å². The highest BCUT2D eigenvalue weighted by Gasteiger charge is 2.40. The Balaban J connectivity index is 1.52. The van der Waals surface area contributed by atoms with E-state index in [1.807, 2.05) is 36.4 Å². The van der Waals surface area contributed by atoms with E-state index in [1.165, 1.54) is 19.3 Å². The molecule has 0 aromatic heterocycles. The Labute approximate surface area is 149 Å². The first-order valence-electron chi connectivity index (χ1n) is 9.43. The molecule has 2 fully saturated rings.